The van der Waals surface area contributed by atoms with Crippen LogP contribution in [-0.2, 0) is 0 Å². The highest BCUT2D eigenvalue weighted by molar-refractivity contribution is 7.26. The number of hydrogen-bond acceptors (Lipinski definition) is 1. The Kier molecular flexibility index (Phi) is 5.64. The van der Waals surface area contributed by atoms with Crippen LogP contribution in [0.2, 0.25) is 0 Å². The van der Waals surface area contributed by atoms with Crippen LogP contribution in [0.25, 0.3) is 107 Å². The maximum absolute atomic E-state index is 2.41. The SMILES string of the molecule is c1ccc2c(c1)sc1c(-c3ccc4ccc5c6cc(-c7ccc8c9ccccc9c9ccccc9c8c7)ccc6ccc5c4c3)cccc12. The Morgan fingerprint density at radius 2 is 0.694 bits per heavy atom. The number of rotatable bonds is 2. The zero-order chi connectivity index (χ0) is 32.1. The van der Waals surface area contributed by atoms with E-state index in [-0.39, 0.29) is 0 Å². The van der Waals surface area contributed by atoms with Crippen molar-refractivity contribution in [3.8, 4) is 22.3 Å². The summed E-state index contributed by atoms with van der Waals surface area (Å²) in [6.07, 6.45) is 0. The quantitative estimate of drug-likeness (QED) is 0.166. The Hall–Kier alpha value is -6.02. The minimum absolute atomic E-state index is 1.24. The van der Waals surface area contributed by atoms with Gasteiger partial charge < -0.3 is 0 Å². The lowest BCUT2D eigenvalue weighted by molar-refractivity contribution is 1.69. The third-order valence-corrected chi connectivity index (χ3v) is 11.8. The molecular weight excluding hydrogens is 609 g/mol. The van der Waals surface area contributed by atoms with Gasteiger partial charge in [-0.15, -0.1) is 11.3 Å². The molecule has 1 aromatic heterocycles. The van der Waals surface area contributed by atoms with Crippen molar-refractivity contribution in [1.82, 2.24) is 0 Å². The second-order valence-corrected chi connectivity index (χ2v) is 14.3. The molecule has 0 N–H and O–H groups in total. The number of thiophene rings is 1. The molecular formula is C48H28S. The molecule has 1 heterocycles. The molecule has 1 heteroatoms. The molecule has 0 nitrogen and oxygen atoms in total. The van der Waals surface area contributed by atoms with Crippen LogP contribution >= 0.6 is 11.3 Å². The van der Waals surface area contributed by atoms with Crippen LogP contribution in [0.15, 0.2) is 170 Å². The smallest absolute Gasteiger partial charge is 0.0433 e. The second kappa shape index (κ2) is 10.2. The Labute approximate surface area is 287 Å². The normalized spacial score (nSPS) is 12.1. The van der Waals surface area contributed by atoms with E-state index in [1.165, 1.54) is 107 Å². The number of fused-ring (bicyclic) bond motifs is 14. The molecule has 0 saturated carbocycles. The van der Waals surface area contributed by atoms with Crippen LogP contribution in [0.1, 0.15) is 0 Å². The molecule has 0 atom stereocenters. The van der Waals surface area contributed by atoms with Gasteiger partial charge in [-0.25, -0.2) is 0 Å². The van der Waals surface area contributed by atoms with Gasteiger partial charge in [-0.1, -0.05) is 146 Å². The van der Waals surface area contributed by atoms with Gasteiger partial charge in [0.15, 0.2) is 0 Å². The van der Waals surface area contributed by atoms with Gasteiger partial charge in [0.05, 0.1) is 0 Å². The summed E-state index contributed by atoms with van der Waals surface area (Å²) in [6, 6.07) is 63.3. The Morgan fingerprint density at radius 3 is 1.37 bits per heavy atom. The fourth-order valence-corrected chi connectivity index (χ4v) is 9.51. The molecule has 0 unspecified atom stereocenters. The molecule has 49 heavy (non-hydrogen) atoms. The second-order valence-electron chi connectivity index (χ2n) is 13.2. The number of hydrogen-bond donors (Lipinski definition) is 0. The van der Waals surface area contributed by atoms with Gasteiger partial charge in [-0.2, -0.15) is 0 Å². The summed E-state index contributed by atoms with van der Waals surface area (Å²) in [5.41, 5.74) is 5.05. The molecule has 0 radical (unpaired) electrons. The van der Waals surface area contributed by atoms with Gasteiger partial charge in [-0.3, -0.25) is 0 Å². The van der Waals surface area contributed by atoms with Crippen LogP contribution < -0.4 is 0 Å². The van der Waals surface area contributed by atoms with Crippen molar-refractivity contribution in [2.75, 3.05) is 0 Å². The molecule has 11 aromatic rings. The first-order chi connectivity index (χ1) is 24.3. The van der Waals surface area contributed by atoms with Gasteiger partial charge in [0, 0.05) is 20.2 Å². The van der Waals surface area contributed by atoms with E-state index in [1.54, 1.807) is 0 Å². The van der Waals surface area contributed by atoms with E-state index in [4.69, 9.17) is 0 Å². The van der Waals surface area contributed by atoms with Crippen molar-refractivity contribution >= 4 is 96.1 Å². The Bertz CT molecular complexity index is 3130. The molecule has 0 aliphatic carbocycles. The van der Waals surface area contributed by atoms with Crippen molar-refractivity contribution in [2.45, 2.75) is 0 Å². The first-order valence-electron chi connectivity index (χ1n) is 16.9. The van der Waals surface area contributed by atoms with E-state index < -0.39 is 0 Å². The van der Waals surface area contributed by atoms with Crippen molar-refractivity contribution in [2.24, 2.45) is 0 Å². The minimum Gasteiger partial charge on any atom is -0.135 e. The maximum atomic E-state index is 2.41. The predicted molar refractivity (Wildman–Crippen MR) is 215 cm³/mol. The van der Waals surface area contributed by atoms with E-state index in [0.29, 0.717) is 0 Å². The first kappa shape index (κ1) is 27.0. The largest absolute Gasteiger partial charge is 0.135 e. The Balaban J connectivity index is 1.10. The van der Waals surface area contributed by atoms with Crippen molar-refractivity contribution in [3.05, 3.63) is 170 Å². The summed E-state index contributed by atoms with van der Waals surface area (Å²) in [6.45, 7) is 0. The highest BCUT2D eigenvalue weighted by Gasteiger charge is 2.14. The molecule has 0 aliphatic rings. The third-order valence-electron chi connectivity index (χ3n) is 10.6. The Morgan fingerprint density at radius 1 is 0.265 bits per heavy atom. The van der Waals surface area contributed by atoms with Gasteiger partial charge in [-0.05, 0) is 111 Å². The molecule has 0 aliphatic heterocycles. The molecule has 11 rings (SSSR count). The van der Waals surface area contributed by atoms with E-state index in [1.807, 2.05) is 11.3 Å². The molecule has 0 saturated heterocycles. The first-order valence-corrected chi connectivity index (χ1v) is 17.7. The fourth-order valence-electron chi connectivity index (χ4n) is 8.27. The van der Waals surface area contributed by atoms with Gasteiger partial charge >= 0.3 is 0 Å². The van der Waals surface area contributed by atoms with Crippen LogP contribution in [0, 0.1) is 0 Å². The molecule has 0 bridgehead atoms. The monoisotopic (exact) mass is 636 g/mol. The van der Waals surface area contributed by atoms with E-state index in [2.05, 4.69) is 170 Å². The summed E-state index contributed by atoms with van der Waals surface area (Å²) in [7, 11) is 0. The zero-order valence-electron chi connectivity index (χ0n) is 26.6. The minimum atomic E-state index is 1.24. The zero-order valence-corrected chi connectivity index (χ0v) is 27.4. The fraction of sp³-hybridized carbons (Fsp3) is 0. The van der Waals surface area contributed by atoms with Gasteiger partial charge in [0.25, 0.3) is 0 Å². The van der Waals surface area contributed by atoms with Crippen LogP contribution in [0.4, 0.5) is 0 Å². The average Bonchev–Trinajstić information content (AvgIpc) is 3.56. The third kappa shape index (κ3) is 3.97. The van der Waals surface area contributed by atoms with Crippen molar-refractivity contribution < 1.29 is 0 Å². The summed E-state index contributed by atoms with van der Waals surface area (Å²) < 4.78 is 2.70. The summed E-state index contributed by atoms with van der Waals surface area (Å²) in [5.74, 6) is 0. The van der Waals surface area contributed by atoms with E-state index in [0.717, 1.165) is 0 Å². The lowest BCUT2D eigenvalue weighted by atomic mass is 9.90. The van der Waals surface area contributed by atoms with Crippen LogP contribution in [0.5, 0.6) is 0 Å². The molecule has 0 amide bonds. The van der Waals surface area contributed by atoms with Gasteiger partial charge in [0.1, 0.15) is 0 Å². The topological polar surface area (TPSA) is 0 Å². The molecule has 226 valence electrons. The van der Waals surface area contributed by atoms with Crippen molar-refractivity contribution in [1.29, 1.82) is 0 Å². The van der Waals surface area contributed by atoms with Crippen molar-refractivity contribution in [3.63, 3.8) is 0 Å². The predicted octanol–water partition coefficient (Wildman–Crippen LogP) is 14.3. The summed E-state index contributed by atoms with van der Waals surface area (Å²) in [5, 5.41) is 18.2. The van der Waals surface area contributed by atoms with E-state index >= 15 is 0 Å². The highest BCUT2D eigenvalue weighted by Crippen LogP contribution is 2.42. The standard InChI is InChI=1S/C48H28S/c1-2-10-37-35(8-1)36-9-3-4-11-38(36)46-27-32(22-25-41(37)46)31-18-16-29-20-24-40-39(44(29)26-31)23-21-30-17-19-33(28-45(30)40)34-13-7-14-43-42-12-5-6-15-47(42)49-48(34)43/h1-28H. The molecule has 0 fully saturated rings. The average molecular weight is 637 g/mol. The summed E-state index contributed by atoms with van der Waals surface area (Å²) >= 11 is 1.89. The lowest BCUT2D eigenvalue weighted by Gasteiger charge is -2.13. The number of benzene rings is 10. The van der Waals surface area contributed by atoms with Crippen LogP contribution in [0.3, 0.4) is 0 Å². The summed E-state index contributed by atoms with van der Waals surface area (Å²) in [4.78, 5) is 0. The lowest BCUT2D eigenvalue weighted by Crippen LogP contribution is -1.86. The van der Waals surface area contributed by atoms with Gasteiger partial charge in [0.2, 0.25) is 0 Å². The highest BCUT2D eigenvalue weighted by atomic mass is 32.1. The molecule has 10 aromatic carbocycles. The van der Waals surface area contributed by atoms with E-state index in [9.17, 15) is 0 Å². The maximum Gasteiger partial charge on any atom is 0.0433 e. The van der Waals surface area contributed by atoms with Crippen LogP contribution in [-0.4, -0.2) is 0 Å². The molecule has 0 spiro atoms.